The topological polar surface area (TPSA) is 102 Å². The van der Waals surface area contributed by atoms with Gasteiger partial charge in [-0.15, -0.1) is 6.42 Å². The van der Waals surface area contributed by atoms with Crippen LogP contribution in [-0.2, 0) is 4.74 Å². The molecule has 10 nitrogen and oxygen atoms in total. The Kier molecular flexibility index (Phi) is 8.67. The lowest BCUT2D eigenvalue weighted by atomic mass is 9.94. The highest BCUT2D eigenvalue weighted by atomic mass is 19.1. The Labute approximate surface area is 282 Å². The summed E-state index contributed by atoms with van der Waals surface area (Å²) < 4.78 is 69.6. The van der Waals surface area contributed by atoms with Crippen LogP contribution in [0.3, 0.4) is 0 Å². The van der Waals surface area contributed by atoms with Crippen molar-refractivity contribution in [3.05, 3.63) is 41.5 Å². The zero-order chi connectivity index (χ0) is 34.5. The summed E-state index contributed by atoms with van der Waals surface area (Å²) in [6, 6.07) is 5.83. The summed E-state index contributed by atoms with van der Waals surface area (Å²) in [4.78, 5) is 17.9. The number of pyridine rings is 1. The van der Waals surface area contributed by atoms with E-state index in [9.17, 15) is 9.50 Å². The minimum Gasteiger partial charge on any atom is -0.480 e. The van der Waals surface area contributed by atoms with Crippen LogP contribution < -0.4 is 19.1 Å². The van der Waals surface area contributed by atoms with E-state index in [2.05, 4.69) is 20.8 Å². The lowest BCUT2D eigenvalue weighted by Crippen LogP contribution is -2.46. The lowest BCUT2D eigenvalue weighted by Gasteiger charge is -2.38. The fourth-order valence-electron chi connectivity index (χ4n) is 7.72. The Morgan fingerprint density at radius 3 is 2.63 bits per heavy atom. The molecule has 0 amide bonds. The van der Waals surface area contributed by atoms with Crippen LogP contribution in [0.5, 0.6) is 17.6 Å². The Bertz CT molecular complexity index is 1970. The molecule has 0 radical (unpaired) electrons. The number of terminal acetylenes is 1. The second-order valence-corrected chi connectivity index (χ2v) is 13.4. The normalized spacial score (nSPS) is 24.0. The molecular weight excluding hydrogens is 639 g/mol. The van der Waals surface area contributed by atoms with E-state index in [1.165, 1.54) is 32.4 Å². The van der Waals surface area contributed by atoms with Gasteiger partial charge in [-0.2, -0.15) is 9.97 Å². The standard InChI is InChI=1S/C36H38F3N5O5/c1-5-24-26(38)9-8-21-14-23(49-20-46-3)15-25(27(21)24)30-29(39)31-28(33(40-30)47-4)32(43-12-6-10-35(2,45)18-43)42-34(41-31)48-19-36-11-7-13-44(36)17-22(37)16-36/h1,8-9,14-15,22,45H,6-7,10-13,16-20H2,2-4H3/t22-,35?,36+/m1/s1. The van der Waals surface area contributed by atoms with Gasteiger partial charge in [0.05, 0.1) is 23.8 Å². The predicted molar refractivity (Wildman–Crippen MR) is 178 cm³/mol. The van der Waals surface area contributed by atoms with Crippen molar-refractivity contribution in [2.45, 2.75) is 56.3 Å². The van der Waals surface area contributed by atoms with Crippen molar-refractivity contribution >= 4 is 27.5 Å². The Balaban J connectivity index is 1.44. The summed E-state index contributed by atoms with van der Waals surface area (Å²) in [6.07, 6.45) is 8.07. The van der Waals surface area contributed by atoms with Crippen molar-refractivity contribution in [3.8, 4) is 41.2 Å². The van der Waals surface area contributed by atoms with E-state index in [1.807, 2.05) is 4.90 Å². The maximum atomic E-state index is 17.2. The molecule has 2 aromatic carbocycles. The number of rotatable bonds is 9. The fourth-order valence-corrected chi connectivity index (χ4v) is 7.72. The molecule has 0 bridgehead atoms. The van der Waals surface area contributed by atoms with E-state index < -0.39 is 28.9 Å². The van der Waals surface area contributed by atoms with Gasteiger partial charge in [-0.25, -0.2) is 18.2 Å². The number of β-amino-alcohol motifs (C(OH)–C–C–N with tert-alkyl or cyclic N) is 1. The number of anilines is 1. The van der Waals surface area contributed by atoms with E-state index in [1.54, 1.807) is 13.0 Å². The van der Waals surface area contributed by atoms with E-state index >= 15 is 8.78 Å². The Hall–Kier alpha value is -4.38. The molecule has 3 atom stereocenters. The first-order valence-corrected chi connectivity index (χ1v) is 16.4. The van der Waals surface area contributed by atoms with E-state index in [0.717, 1.165) is 19.4 Å². The second kappa shape index (κ2) is 12.8. The minimum atomic E-state index is -1.03. The smallest absolute Gasteiger partial charge is 0.319 e. The van der Waals surface area contributed by atoms with Crippen molar-refractivity contribution in [1.29, 1.82) is 0 Å². The van der Waals surface area contributed by atoms with Crippen molar-refractivity contribution in [3.63, 3.8) is 0 Å². The summed E-state index contributed by atoms with van der Waals surface area (Å²) in [6.45, 7) is 3.62. The summed E-state index contributed by atoms with van der Waals surface area (Å²) >= 11 is 0. The summed E-state index contributed by atoms with van der Waals surface area (Å²) in [5.74, 6) is 1.49. The summed E-state index contributed by atoms with van der Waals surface area (Å²) in [7, 11) is 2.86. The second-order valence-electron chi connectivity index (χ2n) is 13.4. The maximum Gasteiger partial charge on any atom is 0.319 e. The quantitative estimate of drug-likeness (QED) is 0.183. The number of nitrogens with zero attached hydrogens (tertiary/aromatic N) is 5. The number of aromatic nitrogens is 3. The van der Waals surface area contributed by atoms with Crippen LogP contribution >= 0.6 is 0 Å². The fraction of sp³-hybridized carbons (Fsp3) is 0.472. The molecule has 3 aliphatic rings. The van der Waals surface area contributed by atoms with Crippen molar-refractivity contribution in [2.24, 2.45) is 0 Å². The number of piperidine rings is 1. The largest absolute Gasteiger partial charge is 0.480 e. The van der Waals surface area contributed by atoms with E-state index in [4.69, 9.17) is 30.4 Å². The number of ether oxygens (including phenoxy) is 4. The number of aliphatic hydroxyl groups is 1. The number of methoxy groups -OCH3 is 2. The van der Waals surface area contributed by atoms with Gasteiger partial charge in [0.2, 0.25) is 5.88 Å². The van der Waals surface area contributed by atoms with Crippen molar-refractivity contribution < 1.29 is 37.2 Å². The summed E-state index contributed by atoms with van der Waals surface area (Å²) in [5.41, 5.74) is -1.82. The van der Waals surface area contributed by atoms with Gasteiger partial charge in [0.25, 0.3) is 0 Å². The molecule has 4 aromatic rings. The van der Waals surface area contributed by atoms with Gasteiger partial charge in [0, 0.05) is 44.1 Å². The van der Waals surface area contributed by atoms with Gasteiger partial charge in [-0.3, -0.25) is 4.90 Å². The Morgan fingerprint density at radius 1 is 1.06 bits per heavy atom. The molecule has 7 rings (SSSR count). The van der Waals surface area contributed by atoms with Crippen LogP contribution in [0.15, 0.2) is 24.3 Å². The van der Waals surface area contributed by atoms with Gasteiger partial charge in [-0.05, 0) is 62.7 Å². The summed E-state index contributed by atoms with van der Waals surface area (Å²) in [5, 5.41) is 11.9. The van der Waals surface area contributed by atoms with Crippen LogP contribution in [0.25, 0.3) is 32.9 Å². The molecule has 0 spiro atoms. The molecule has 3 aliphatic heterocycles. The number of alkyl halides is 1. The molecule has 1 unspecified atom stereocenters. The van der Waals surface area contributed by atoms with Crippen LogP contribution in [0.1, 0.15) is 44.6 Å². The van der Waals surface area contributed by atoms with E-state index in [-0.39, 0.29) is 70.8 Å². The first-order chi connectivity index (χ1) is 23.6. The highest BCUT2D eigenvalue weighted by Gasteiger charge is 2.49. The third-order valence-corrected chi connectivity index (χ3v) is 9.89. The zero-order valence-electron chi connectivity index (χ0n) is 27.7. The highest BCUT2D eigenvalue weighted by Crippen LogP contribution is 2.44. The average Bonchev–Trinajstić information content (AvgIpc) is 3.61. The molecule has 1 N–H and O–H groups in total. The third-order valence-electron chi connectivity index (χ3n) is 9.89. The van der Waals surface area contributed by atoms with Gasteiger partial charge in [0.1, 0.15) is 46.8 Å². The monoisotopic (exact) mass is 677 g/mol. The zero-order valence-corrected chi connectivity index (χ0v) is 27.7. The van der Waals surface area contributed by atoms with Crippen molar-refractivity contribution in [2.75, 3.05) is 58.7 Å². The number of benzene rings is 2. The van der Waals surface area contributed by atoms with Crippen LogP contribution in [0.2, 0.25) is 0 Å². The van der Waals surface area contributed by atoms with Crippen LogP contribution in [0.4, 0.5) is 19.0 Å². The molecule has 13 heteroatoms. The van der Waals surface area contributed by atoms with Crippen LogP contribution in [-0.4, -0.2) is 96.1 Å². The lowest BCUT2D eigenvalue weighted by molar-refractivity contribution is 0.0447. The predicted octanol–water partition coefficient (Wildman–Crippen LogP) is 5.40. The maximum absolute atomic E-state index is 17.2. The third kappa shape index (κ3) is 5.96. The molecule has 5 heterocycles. The number of halogens is 3. The molecule has 2 aromatic heterocycles. The molecule has 3 saturated heterocycles. The van der Waals surface area contributed by atoms with Gasteiger partial charge >= 0.3 is 6.01 Å². The first kappa shape index (κ1) is 33.1. The van der Waals surface area contributed by atoms with Crippen LogP contribution in [0, 0.1) is 24.0 Å². The first-order valence-electron chi connectivity index (χ1n) is 16.4. The molecule has 49 heavy (non-hydrogen) atoms. The average molecular weight is 678 g/mol. The molecule has 3 fully saturated rings. The van der Waals surface area contributed by atoms with Crippen molar-refractivity contribution in [1.82, 2.24) is 19.9 Å². The SMILES string of the molecule is C#Cc1c(F)ccc2cc(OCOC)cc(-c3nc(OC)c4c(N5CCCC(C)(O)C5)nc(OC[C@@]56CCCN5C[C@H](F)C6)nc4c3F)c12. The number of fused-ring (bicyclic) bond motifs is 3. The Morgan fingerprint density at radius 2 is 1.88 bits per heavy atom. The molecule has 258 valence electrons. The minimum absolute atomic E-state index is 0.00446. The number of hydrogen-bond donors (Lipinski definition) is 1. The number of hydrogen-bond acceptors (Lipinski definition) is 10. The van der Waals surface area contributed by atoms with Gasteiger partial charge in [-0.1, -0.05) is 12.0 Å². The van der Waals surface area contributed by atoms with Gasteiger partial charge < -0.3 is 29.0 Å². The molecule has 0 saturated carbocycles. The van der Waals surface area contributed by atoms with Gasteiger partial charge in [0.15, 0.2) is 12.6 Å². The molecule has 0 aliphatic carbocycles. The van der Waals surface area contributed by atoms with E-state index in [0.29, 0.717) is 43.5 Å². The molecular formula is C36H38F3N5O5. The highest BCUT2D eigenvalue weighted by molar-refractivity contribution is 6.04.